The van der Waals surface area contributed by atoms with E-state index >= 15 is 0 Å². The number of anilines is 1. The lowest BCUT2D eigenvalue weighted by molar-refractivity contribution is -0.758. The van der Waals surface area contributed by atoms with Gasteiger partial charge in [0.05, 0.1) is 36.3 Å². The lowest BCUT2D eigenvalue weighted by Gasteiger charge is -2.36. The second-order valence-electron chi connectivity index (χ2n) is 15.3. The monoisotopic (exact) mass is 840 g/mol. The first-order chi connectivity index (χ1) is 28.4. The Morgan fingerprint density at radius 2 is 1.83 bits per heavy atom. The SMILES string of the molecule is CC(C)(C)OC(=O)Nc1nc(/C(=N\OC2(C(=O)OC(c3ccccc3)c3ccccc3)CC2)C(=O)N[C@@H]2C(=O)N[C@@H]2Cn2ncc(CSC3Cn4cnc[n+]4C3)n2)cs1. The Bertz CT molecular complexity index is 2300. The number of aromatic nitrogens is 7. The molecule has 3 aromatic heterocycles. The van der Waals surface area contributed by atoms with E-state index in [1.165, 1.54) is 10.2 Å². The van der Waals surface area contributed by atoms with Gasteiger partial charge in [0.1, 0.15) is 23.9 Å². The third-order valence-corrected chi connectivity index (χ3v) is 11.6. The maximum Gasteiger partial charge on any atom is 0.413 e. The second kappa shape index (κ2) is 16.6. The Morgan fingerprint density at radius 3 is 2.49 bits per heavy atom. The molecule has 59 heavy (non-hydrogen) atoms. The van der Waals surface area contributed by atoms with Gasteiger partial charge in [0, 0.05) is 24.0 Å². The summed E-state index contributed by atoms with van der Waals surface area (Å²) in [6.45, 7) is 7.10. The van der Waals surface area contributed by atoms with Gasteiger partial charge in [-0.15, -0.1) is 23.1 Å². The summed E-state index contributed by atoms with van der Waals surface area (Å²) < 4.78 is 15.6. The van der Waals surface area contributed by atoms with Crippen molar-refractivity contribution in [3.63, 3.8) is 0 Å². The van der Waals surface area contributed by atoms with E-state index in [9.17, 15) is 19.2 Å². The second-order valence-corrected chi connectivity index (χ2v) is 17.5. The van der Waals surface area contributed by atoms with Crippen LogP contribution in [0.5, 0.6) is 0 Å². The number of oxime groups is 1. The molecule has 5 aromatic rings. The maximum atomic E-state index is 14.0. The van der Waals surface area contributed by atoms with Crippen LogP contribution in [0.3, 0.4) is 0 Å². The number of thiazole rings is 1. The molecule has 2 fully saturated rings. The maximum absolute atomic E-state index is 14.0. The van der Waals surface area contributed by atoms with Crippen LogP contribution >= 0.6 is 23.1 Å². The van der Waals surface area contributed by atoms with Crippen LogP contribution in [0, 0.1) is 0 Å². The van der Waals surface area contributed by atoms with E-state index in [0.717, 1.165) is 41.2 Å². The van der Waals surface area contributed by atoms with E-state index in [2.05, 4.69) is 50.6 Å². The van der Waals surface area contributed by atoms with Gasteiger partial charge in [0.15, 0.2) is 16.9 Å². The fraction of sp³-hybridized carbons (Fsp3) is 0.385. The van der Waals surface area contributed by atoms with Crippen molar-refractivity contribution < 1.29 is 38.2 Å². The molecule has 18 nitrogen and oxygen atoms in total. The highest BCUT2D eigenvalue weighted by molar-refractivity contribution is 7.99. The molecule has 8 rings (SSSR count). The quantitative estimate of drug-likeness (QED) is 0.0457. The van der Waals surface area contributed by atoms with Crippen LogP contribution in [0.4, 0.5) is 9.93 Å². The normalized spacial score (nSPS) is 19.3. The molecule has 3 N–H and O–H groups in total. The van der Waals surface area contributed by atoms with Crippen molar-refractivity contribution >= 4 is 57.8 Å². The number of hydrogen-bond acceptors (Lipinski definition) is 14. The Balaban J connectivity index is 0.960. The molecule has 2 atom stereocenters. The van der Waals surface area contributed by atoms with Crippen LogP contribution in [-0.2, 0) is 54.1 Å². The number of nitrogens with one attached hydrogen (secondary N) is 3. The van der Waals surface area contributed by atoms with Gasteiger partial charge in [-0.1, -0.05) is 65.8 Å². The predicted molar refractivity (Wildman–Crippen MR) is 214 cm³/mol. The van der Waals surface area contributed by atoms with Crippen LogP contribution in [-0.4, -0.2) is 87.8 Å². The van der Waals surface area contributed by atoms with E-state index in [4.69, 9.17) is 14.3 Å². The molecule has 0 unspecified atom stereocenters. The minimum Gasteiger partial charge on any atom is -0.450 e. The zero-order valence-electron chi connectivity index (χ0n) is 32.4. The van der Waals surface area contributed by atoms with Crippen LogP contribution in [0.15, 0.2) is 90.1 Å². The summed E-state index contributed by atoms with van der Waals surface area (Å²) in [5, 5.41) is 23.3. The molecule has 1 saturated carbocycles. The van der Waals surface area contributed by atoms with E-state index in [1.807, 2.05) is 73.3 Å². The molecule has 2 aliphatic heterocycles. The molecule has 0 spiro atoms. The number of carbonyl (C=O) groups excluding carboxylic acids is 4. The zero-order chi connectivity index (χ0) is 41.1. The molecule has 5 heterocycles. The van der Waals surface area contributed by atoms with Crippen LogP contribution < -0.4 is 20.6 Å². The van der Waals surface area contributed by atoms with Gasteiger partial charge in [-0.05, 0) is 36.9 Å². The Morgan fingerprint density at radius 1 is 1.10 bits per heavy atom. The number of carbonyl (C=O) groups is 4. The van der Waals surface area contributed by atoms with Gasteiger partial charge >= 0.3 is 18.4 Å². The Hall–Kier alpha value is -6.15. The summed E-state index contributed by atoms with van der Waals surface area (Å²) >= 11 is 2.80. The van der Waals surface area contributed by atoms with Gasteiger partial charge in [0.2, 0.25) is 17.8 Å². The highest BCUT2D eigenvalue weighted by Gasteiger charge is 2.56. The average molecular weight is 841 g/mol. The summed E-state index contributed by atoms with van der Waals surface area (Å²) in [6.07, 6.45) is 4.44. The van der Waals surface area contributed by atoms with Gasteiger partial charge in [-0.3, -0.25) is 14.9 Å². The summed E-state index contributed by atoms with van der Waals surface area (Å²) in [4.78, 5) is 69.1. The molecule has 1 aliphatic carbocycles. The van der Waals surface area contributed by atoms with E-state index in [1.54, 1.807) is 38.7 Å². The zero-order valence-corrected chi connectivity index (χ0v) is 34.0. The van der Waals surface area contributed by atoms with Crippen molar-refractivity contribution in [3.8, 4) is 0 Å². The van der Waals surface area contributed by atoms with Gasteiger partial charge in [0.25, 0.3) is 5.91 Å². The van der Waals surface area contributed by atoms with Crippen molar-refractivity contribution in [1.29, 1.82) is 0 Å². The fourth-order valence-corrected chi connectivity index (χ4v) is 8.19. The number of amides is 3. The van der Waals surface area contributed by atoms with E-state index in [0.29, 0.717) is 23.8 Å². The highest BCUT2D eigenvalue weighted by atomic mass is 32.2. The van der Waals surface area contributed by atoms with Gasteiger partial charge < -0.3 is 24.9 Å². The first-order valence-corrected chi connectivity index (χ1v) is 20.9. The minimum atomic E-state index is -1.46. The summed E-state index contributed by atoms with van der Waals surface area (Å²) in [7, 11) is 0. The summed E-state index contributed by atoms with van der Waals surface area (Å²) in [5.41, 5.74) is -0.176. The Labute approximate surface area is 346 Å². The number of β-lactam (4-membered cyclic amide) rings is 1. The van der Waals surface area contributed by atoms with Crippen molar-refractivity contribution in [1.82, 2.24) is 40.3 Å². The number of ether oxygens (including phenoxy) is 2. The number of hydrogen-bond donors (Lipinski definition) is 3. The number of nitrogens with zero attached hydrogens (tertiary/aromatic N) is 8. The molecule has 3 aliphatic rings. The topological polar surface area (TPSA) is 210 Å². The molecule has 0 radical (unpaired) electrons. The smallest absolute Gasteiger partial charge is 0.413 e. The molecule has 20 heteroatoms. The standard InChI is InChI=1S/C39H41N11O7S2/c1-38(2,3)56-37(54)45-36-43-29(21-59-36)31(47-57-39(14-15-39)35(53)55-32(24-10-6-4-7-11-24)25-12-8-5-9-13-25)34(52)44-30-28(42-33(30)51)19-50-41-16-26(46-50)20-58-27-17-48-22-40-23-49(48)18-27/h4-13,16,21-23,27-28,30,32H,14-15,17-20H2,1-3H3,(H2-,42,43,44,45,51,52,54)/p+1/b47-31+/t28-,30+/m1/s1. The third kappa shape index (κ3) is 9.44. The number of rotatable bonds is 15. The number of thioether (sulfide) groups is 1. The van der Waals surface area contributed by atoms with Gasteiger partial charge in [-0.25, -0.2) is 14.6 Å². The molecular formula is C39H42N11O7S2+. The first kappa shape index (κ1) is 39.7. The van der Waals surface area contributed by atoms with Crippen LogP contribution in [0.1, 0.15) is 62.2 Å². The van der Waals surface area contributed by atoms with Crippen molar-refractivity contribution in [2.24, 2.45) is 5.16 Å². The average Bonchev–Trinajstić information content (AvgIpc) is 3.60. The largest absolute Gasteiger partial charge is 0.450 e. The lowest BCUT2D eigenvalue weighted by Crippen LogP contribution is -2.70. The Kier molecular flexibility index (Phi) is 11.2. The molecule has 2 aromatic carbocycles. The number of esters is 1. The van der Waals surface area contributed by atoms with E-state index < -0.39 is 53.3 Å². The molecule has 3 amide bonds. The molecule has 0 bridgehead atoms. The summed E-state index contributed by atoms with van der Waals surface area (Å²) in [6, 6.07) is 17.2. The summed E-state index contributed by atoms with van der Waals surface area (Å²) in [5.74, 6) is -1.20. The van der Waals surface area contributed by atoms with E-state index in [-0.39, 0.29) is 23.1 Å². The minimum absolute atomic E-state index is 0.0333. The highest BCUT2D eigenvalue weighted by Crippen LogP contribution is 2.43. The molecular weight excluding hydrogens is 799 g/mol. The first-order valence-electron chi connectivity index (χ1n) is 19.0. The predicted octanol–water partition coefficient (Wildman–Crippen LogP) is 3.15. The number of benzene rings is 2. The third-order valence-electron chi connectivity index (χ3n) is 9.61. The van der Waals surface area contributed by atoms with Gasteiger partial charge in [-0.2, -0.15) is 24.4 Å². The van der Waals surface area contributed by atoms with Crippen molar-refractivity contribution in [2.75, 3.05) is 5.32 Å². The number of fused-ring (bicyclic) bond motifs is 1. The fourth-order valence-electron chi connectivity index (χ4n) is 6.45. The molecule has 1 saturated heterocycles. The molecule has 306 valence electrons. The van der Waals surface area contributed by atoms with Crippen molar-refractivity contribution in [2.45, 2.75) is 93.6 Å². The van der Waals surface area contributed by atoms with Crippen molar-refractivity contribution in [3.05, 3.63) is 107 Å². The lowest BCUT2D eigenvalue weighted by atomic mass is 9.98. The van der Waals surface area contributed by atoms with Crippen LogP contribution in [0.25, 0.3) is 0 Å². The van der Waals surface area contributed by atoms with Crippen LogP contribution in [0.2, 0.25) is 0 Å².